The van der Waals surface area contributed by atoms with Gasteiger partial charge in [0, 0.05) is 24.3 Å². The number of hydrogen-bond donors (Lipinski definition) is 2. The van der Waals surface area contributed by atoms with Crippen LogP contribution in [0.4, 0.5) is 5.95 Å². The quantitative estimate of drug-likeness (QED) is 0.686. The molecule has 0 bridgehead atoms. The lowest BCUT2D eigenvalue weighted by atomic mass is 10.0. The summed E-state index contributed by atoms with van der Waals surface area (Å²) in [6, 6.07) is 4.19. The predicted molar refractivity (Wildman–Crippen MR) is 91.7 cm³/mol. The number of nitrogen functional groups attached to an aromatic ring is 1. The molecule has 0 aliphatic carbocycles. The molecule has 3 aromatic heterocycles. The molecular weight excluding hydrogens is 328 g/mol. The second-order valence-corrected chi connectivity index (χ2v) is 5.98. The van der Waals surface area contributed by atoms with Gasteiger partial charge in [-0.25, -0.2) is 9.97 Å². The number of fused-ring (bicyclic) bond motifs is 1. The van der Waals surface area contributed by atoms with Crippen LogP contribution in [0.5, 0.6) is 0 Å². The number of nitrogens with one attached hydrogen (secondary N) is 1. The van der Waals surface area contributed by atoms with Crippen molar-refractivity contribution in [3.63, 3.8) is 0 Å². The minimum absolute atomic E-state index is 0.0319. The Morgan fingerprint density at radius 1 is 1.38 bits per heavy atom. The number of rotatable bonds is 5. The molecule has 0 aromatic carbocycles. The fraction of sp³-hybridized carbons (Fsp3) is 0.200. The van der Waals surface area contributed by atoms with Gasteiger partial charge in [0.05, 0.1) is 10.6 Å². The number of pyridine rings is 1. The van der Waals surface area contributed by atoms with Crippen molar-refractivity contribution < 1.29 is 4.79 Å². The maximum atomic E-state index is 12.0. The van der Waals surface area contributed by atoms with Crippen LogP contribution in [0.3, 0.4) is 0 Å². The van der Waals surface area contributed by atoms with Gasteiger partial charge in [0.25, 0.3) is 5.91 Å². The SMILES string of the molecule is CCNC(=O)c1cc2c(C(N=O)c3ccncc3)nc(N)nc2s1. The fourth-order valence-corrected chi connectivity index (χ4v) is 3.31. The van der Waals surface area contributed by atoms with Crippen LogP contribution in [0.25, 0.3) is 10.2 Å². The molecule has 8 nitrogen and oxygen atoms in total. The molecule has 1 atom stereocenters. The standard InChI is InChI=1S/C15H14N6O2S/c1-2-18-13(22)10-7-9-12(19-15(16)20-14(9)24-10)11(21-23)8-3-5-17-6-4-8/h3-7,11H,2H2,1H3,(H,18,22)(H2,16,19,20). The first kappa shape index (κ1) is 15.9. The minimum Gasteiger partial charge on any atom is -0.368 e. The van der Waals surface area contributed by atoms with E-state index in [2.05, 4.69) is 25.4 Å². The molecule has 0 radical (unpaired) electrons. The number of aromatic nitrogens is 3. The van der Waals surface area contributed by atoms with E-state index in [9.17, 15) is 9.70 Å². The highest BCUT2D eigenvalue weighted by molar-refractivity contribution is 7.20. The highest BCUT2D eigenvalue weighted by Gasteiger charge is 2.23. The summed E-state index contributed by atoms with van der Waals surface area (Å²) < 4.78 is 0. The zero-order valence-electron chi connectivity index (χ0n) is 12.8. The van der Waals surface area contributed by atoms with Crippen LogP contribution in [0.2, 0.25) is 0 Å². The number of thiophene rings is 1. The van der Waals surface area contributed by atoms with Crippen LogP contribution in [0.15, 0.2) is 35.8 Å². The zero-order chi connectivity index (χ0) is 17.1. The highest BCUT2D eigenvalue weighted by atomic mass is 32.1. The van der Waals surface area contributed by atoms with Gasteiger partial charge < -0.3 is 11.1 Å². The van der Waals surface area contributed by atoms with E-state index in [1.807, 2.05) is 6.92 Å². The predicted octanol–water partition coefficient (Wildman–Crippen LogP) is 2.27. The van der Waals surface area contributed by atoms with Crippen LogP contribution >= 0.6 is 11.3 Å². The van der Waals surface area contributed by atoms with Crippen LogP contribution < -0.4 is 11.1 Å². The van der Waals surface area contributed by atoms with Gasteiger partial charge in [-0.1, -0.05) is 5.18 Å². The normalized spacial score (nSPS) is 12.0. The Balaban J connectivity index is 2.16. The third-order valence-electron chi connectivity index (χ3n) is 3.39. The Morgan fingerprint density at radius 2 is 2.12 bits per heavy atom. The number of anilines is 1. The van der Waals surface area contributed by atoms with Gasteiger partial charge in [-0.3, -0.25) is 9.78 Å². The number of nitrogens with two attached hydrogens (primary N) is 1. The Kier molecular flexibility index (Phi) is 4.43. The first-order chi connectivity index (χ1) is 11.6. The van der Waals surface area contributed by atoms with E-state index in [-0.39, 0.29) is 11.9 Å². The average molecular weight is 342 g/mol. The van der Waals surface area contributed by atoms with Crippen molar-refractivity contribution in [2.45, 2.75) is 13.0 Å². The molecule has 0 aliphatic rings. The molecule has 0 aliphatic heterocycles. The van der Waals surface area contributed by atoms with E-state index in [1.165, 1.54) is 11.3 Å². The summed E-state index contributed by atoms with van der Waals surface area (Å²) in [6.45, 7) is 2.35. The second kappa shape index (κ2) is 6.67. The van der Waals surface area contributed by atoms with E-state index in [1.54, 1.807) is 30.6 Å². The fourth-order valence-electron chi connectivity index (χ4n) is 2.34. The molecular formula is C15H14N6O2S. The molecule has 9 heteroatoms. The summed E-state index contributed by atoms with van der Waals surface area (Å²) in [5.41, 5.74) is 6.79. The number of amides is 1. The van der Waals surface area contributed by atoms with Crippen molar-refractivity contribution in [2.75, 3.05) is 12.3 Å². The summed E-state index contributed by atoms with van der Waals surface area (Å²) in [4.78, 5) is 36.8. The molecule has 0 saturated heterocycles. The number of nitroso groups, excluding NO2 is 1. The number of carbonyl (C=O) groups excluding carboxylic acids is 1. The molecule has 3 N–H and O–H groups in total. The van der Waals surface area contributed by atoms with Crippen LogP contribution in [-0.2, 0) is 0 Å². The van der Waals surface area contributed by atoms with E-state index >= 15 is 0 Å². The van der Waals surface area contributed by atoms with Gasteiger partial charge in [0.1, 0.15) is 4.83 Å². The first-order valence-corrected chi connectivity index (χ1v) is 8.03. The third kappa shape index (κ3) is 2.93. The molecule has 1 unspecified atom stereocenters. The average Bonchev–Trinajstić information content (AvgIpc) is 3.01. The van der Waals surface area contributed by atoms with Gasteiger partial charge in [0.15, 0.2) is 6.04 Å². The Morgan fingerprint density at radius 3 is 2.79 bits per heavy atom. The second-order valence-electron chi connectivity index (χ2n) is 4.94. The molecule has 122 valence electrons. The summed E-state index contributed by atoms with van der Waals surface area (Å²) in [6.07, 6.45) is 3.14. The van der Waals surface area contributed by atoms with Gasteiger partial charge in [-0.05, 0) is 30.7 Å². The molecule has 0 fully saturated rings. The van der Waals surface area contributed by atoms with E-state index in [0.717, 1.165) is 0 Å². The smallest absolute Gasteiger partial charge is 0.261 e. The summed E-state index contributed by atoms with van der Waals surface area (Å²) in [7, 11) is 0. The van der Waals surface area contributed by atoms with Crippen molar-refractivity contribution in [3.8, 4) is 0 Å². The molecule has 3 rings (SSSR count). The molecule has 3 heterocycles. The van der Waals surface area contributed by atoms with E-state index in [4.69, 9.17) is 5.73 Å². The van der Waals surface area contributed by atoms with Crippen LogP contribution in [-0.4, -0.2) is 27.4 Å². The molecule has 0 saturated carbocycles. The topological polar surface area (TPSA) is 123 Å². The zero-order valence-corrected chi connectivity index (χ0v) is 13.6. The lowest BCUT2D eigenvalue weighted by Crippen LogP contribution is -2.21. The number of hydrogen-bond acceptors (Lipinski definition) is 8. The molecule has 3 aromatic rings. The maximum Gasteiger partial charge on any atom is 0.261 e. The van der Waals surface area contributed by atoms with Gasteiger partial charge in [-0.15, -0.1) is 16.2 Å². The van der Waals surface area contributed by atoms with E-state index in [0.29, 0.717) is 32.9 Å². The van der Waals surface area contributed by atoms with Crippen molar-refractivity contribution in [3.05, 3.63) is 51.6 Å². The molecule has 24 heavy (non-hydrogen) atoms. The minimum atomic E-state index is -0.850. The number of carbonyl (C=O) groups is 1. The maximum absolute atomic E-state index is 12.0. The van der Waals surface area contributed by atoms with Crippen molar-refractivity contribution in [2.24, 2.45) is 5.18 Å². The van der Waals surface area contributed by atoms with Gasteiger partial charge >= 0.3 is 0 Å². The van der Waals surface area contributed by atoms with Crippen LogP contribution in [0, 0.1) is 4.91 Å². The Hall–Kier alpha value is -2.94. The Bertz CT molecular complexity index is 896. The summed E-state index contributed by atoms with van der Waals surface area (Å²) >= 11 is 1.20. The van der Waals surface area contributed by atoms with Crippen LogP contribution in [0.1, 0.15) is 33.9 Å². The highest BCUT2D eigenvalue weighted by Crippen LogP contribution is 2.34. The summed E-state index contributed by atoms with van der Waals surface area (Å²) in [5.74, 6) is -0.172. The van der Waals surface area contributed by atoms with Gasteiger partial charge in [0.2, 0.25) is 5.95 Å². The molecule has 1 amide bonds. The van der Waals surface area contributed by atoms with Crippen molar-refractivity contribution in [1.82, 2.24) is 20.3 Å². The summed E-state index contributed by atoms with van der Waals surface area (Å²) in [5, 5.41) is 6.52. The van der Waals surface area contributed by atoms with Crippen molar-refractivity contribution >= 4 is 33.4 Å². The van der Waals surface area contributed by atoms with Crippen molar-refractivity contribution in [1.29, 1.82) is 0 Å². The largest absolute Gasteiger partial charge is 0.368 e. The molecule has 0 spiro atoms. The monoisotopic (exact) mass is 342 g/mol. The lowest BCUT2D eigenvalue weighted by molar-refractivity contribution is 0.0960. The van der Waals surface area contributed by atoms with Gasteiger partial charge in [-0.2, -0.15) is 0 Å². The van der Waals surface area contributed by atoms with E-state index < -0.39 is 6.04 Å². The number of nitrogens with zero attached hydrogens (tertiary/aromatic N) is 4. The third-order valence-corrected chi connectivity index (χ3v) is 4.41. The first-order valence-electron chi connectivity index (χ1n) is 7.21. The Labute approximate surface area is 141 Å². The lowest BCUT2D eigenvalue weighted by Gasteiger charge is -2.10.